The van der Waals surface area contributed by atoms with E-state index in [-0.39, 0.29) is 20.4 Å². The van der Waals surface area contributed by atoms with E-state index in [2.05, 4.69) is 20.2 Å². The van der Waals surface area contributed by atoms with Crippen molar-refractivity contribution in [2.45, 2.75) is 6.92 Å². The molecule has 0 aliphatic carbocycles. The average molecular weight is 350 g/mol. The molecule has 0 saturated heterocycles. The van der Waals surface area contributed by atoms with Gasteiger partial charge in [0.2, 0.25) is 0 Å². The molecule has 3 rings (SSSR count). The summed E-state index contributed by atoms with van der Waals surface area (Å²) in [6.45, 7) is 1.94. The Kier molecular flexibility index (Phi) is 3.77. The summed E-state index contributed by atoms with van der Waals surface area (Å²) in [5.74, 6) is 0. The summed E-state index contributed by atoms with van der Waals surface area (Å²) in [6, 6.07) is 5.59. The molecule has 3 heterocycles. The van der Waals surface area contributed by atoms with Gasteiger partial charge in [0.05, 0.1) is 5.69 Å². The van der Waals surface area contributed by atoms with Crippen molar-refractivity contribution >= 4 is 22.5 Å². The number of hydrogen-bond acceptors (Lipinski definition) is 3. The van der Waals surface area contributed by atoms with E-state index in [1.54, 1.807) is 18.5 Å². The molecule has 0 radical (unpaired) electrons. The largest absolute Gasteiger partial charge is 0.574 e. The SMILES string of the molecule is Cc1cc(-c2n[n-]c3cc(Cl)ncc23)ccn1.[Pd]. The molecule has 0 fully saturated rings. The zero-order valence-electron chi connectivity index (χ0n) is 9.37. The molecule has 3 aromatic rings. The number of nitrogens with zero attached hydrogens (tertiary/aromatic N) is 4. The van der Waals surface area contributed by atoms with E-state index in [4.69, 9.17) is 11.6 Å². The van der Waals surface area contributed by atoms with Crippen LogP contribution in [0.1, 0.15) is 5.69 Å². The van der Waals surface area contributed by atoms with Gasteiger partial charge in [-0.2, -0.15) is 0 Å². The Balaban J connectivity index is 0.00000120. The monoisotopic (exact) mass is 349 g/mol. The molecule has 0 aliphatic heterocycles. The molecule has 0 amide bonds. The van der Waals surface area contributed by atoms with Crippen LogP contribution in [0.3, 0.4) is 0 Å². The summed E-state index contributed by atoms with van der Waals surface area (Å²) in [6.07, 6.45) is 3.46. The molecule has 0 unspecified atom stereocenters. The van der Waals surface area contributed by atoms with Crippen LogP contribution in [0.4, 0.5) is 0 Å². The molecule has 6 heteroatoms. The molecular weight excluding hydrogens is 342 g/mol. The van der Waals surface area contributed by atoms with Crippen LogP contribution >= 0.6 is 11.6 Å². The van der Waals surface area contributed by atoms with E-state index in [9.17, 15) is 0 Å². The third-order valence-electron chi connectivity index (χ3n) is 2.53. The van der Waals surface area contributed by atoms with Gasteiger partial charge in [-0.1, -0.05) is 11.6 Å². The fraction of sp³-hybridized carbons (Fsp3) is 0.0833. The maximum atomic E-state index is 5.81. The first-order valence-electron chi connectivity index (χ1n) is 5.12. The fourth-order valence-corrected chi connectivity index (χ4v) is 1.90. The topological polar surface area (TPSA) is 52.8 Å². The van der Waals surface area contributed by atoms with Crippen LogP contribution in [-0.2, 0) is 20.4 Å². The first-order valence-corrected chi connectivity index (χ1v) is 5.49. The number of aromatic nitrogens is 4. The van der Waals surface area contributed by atoms with Gasteiger partial charge in [-0.25, -0.2) is 4.98 Å². The van der Waals surface area contributed by atoms with Crippen LogP contribution in [0.15, 0.2) is 30.6 Å². The number of pyridine rings is 2. The van der Waals surface area contributed by atoms with Crippen molar-refractivity contribution < 1.29 is 20.4 Å². The average Bonchev–Trinajstić information content (AvgIpc) is 2.71. The summed E-state index contributed by atoms with van der Waals surface area (Å²) in [5.41, 5.74) is 3.51. The van der Waals surface area contributed by atoms with Gasteiger partial charge in [-0.3, -0.25) is 4.98 Å². The minimum absolute atomic E-state index is 0. The molecule has 0 aromatic carbocycles. The number of aryl methyl sites for hydroxylation is 1. The fourth-order valence-electron chi connectivity index (χ4n) is 1.75. The van der Waals surface area contributed by atoms with E-state index < -0.39 is 0 Å². The number of fused-ring (bicyclic) bond motifs is 1. The molecule has 3 aromatic heterocycles. The van der Waals surface area contributed by atoms with Gasteiger partial charge in [-0.15, -0.1) is 5.52 Å². The summed E-state index contributed by atoms with van der Waals surface area (Å²) in [4.78, 5) is 8.22. The van der Waals surface area contributed by atoms with Crippen LogP contribution in [-0.4, -0.2) is 15.1 Å². The Morgan fingerprint density at radius 3 is 2.83 bits per heavy atom. The van der Waals surface area contributed by atoms with E-state index >= 15 is 0 Å². The van der Waals surface area contributed by atoms with Gasteiger partial charge >= 0.3 is 0 Å². The second-order valence-corrected chi connectivity index (χ2v) is 4.15. The smallest absolute Gasteiger partial charge is 0.127 e. The van der Waals surface area contributed by atoms with Crippen LogP contribution < -0.4 is 5.10 Å². The van der Waals surface area contributed by atoms with Crippen molar-refractivity contribution in [2.75, 3.05) is 0 Å². The van der Waals surface area contributed by atoms with Gasteiger partial charge in [-0.05, 0) is 25.1 Å². The molecular formula is C12H8ClN4Pd-. The van der Waals surface area contributed by atoms with Gasteiger partial charge in [0.25, 0.3) is 0 Å². The zero-order valence-corrected chi connectivity index (χ0v) is 11.7. The second kappa shape index (κ2) is 5.15. The van der Waals surface area contributed by atoms with Crippen molar-refractivity contribution in [3.8, 4) is 11.3 Å². The normalized spacial score (nSPS) is 10.3. The Labute approximate surface area is 122 Å². The molecule has 94 valence electrons. The van der Waals surface area contributed by atoms with Crippen molar-refractivity contribution in [3.63, 3.8) is 0 Å². The third kappa shape index (κ3) is 2.30. The van der Waals surface area contributed by atoms with Gasteiger partial charge in [0, 0.05) is 49.5 Å². The van der Waals surface area contributed by atoms with Crippen molar-refractivity contribution in [1.82, 2.24) is 20.2 Å². The third-order valence-corrected chi connectivity index (χ3v) is 2.74. The van der Waals surface area contributed by atoms with Crippen molar-refractivity contribution in [3.05, 3.63) is 41.4 Å². The van der Waals surface area contributed by atoms with Crippen LogP contribution in [0.25, 0.3) is 22.2 Å². The minimum Gasteiger partial charge on any atom is -0.574 e. The van der Waals surface area contributed by atoms with Crippen molar-refractivity contribution in [2.24, 2.45) is 0 Å². The van der Waals surface area contributed by atoms with Crippen LogP contribution in [0.2, 0.25) is 5.15 Å². The summed E-state index contributed by atoms with van der Waals surface area (Å²) in [5, 5.41) is 9.59. The van der Waals surface area contributed by atoms with E-state index in [0.717, 1.165) is 27.9 Å². The predicted molar refractivity (Wildman–Crippen MR) is 65.8 cm³/mol. The zero-order chi connectivity index (χ0) is 11.8. The summed E-state index contributed by atoms with van der Waals surface area (Å²) >= 11 is 5.81. The van der Waals surface area contributed by atoms with E-state index in [1.165, 1.54) is 0 Å². The quantitative estimate of drug-likeness (QED) is 0.500. The molecule has 4 nitrogen and oxygen atoms in total. The Morgan fingerprint density at radius 1 is 1.22 bits per heavy atom. The van der Waals surface area contributed by atoms with E-state index in [0.29, 0.717) is 5.15 Å². The molecule has 0 spiro atoms. The molecule has 0 bridgehead atoms. The number of hydrogen-bond donors (Lipinski definition) is 0. The molecule has 0 N–H and O–H groups in total. The first kappa shape index (κ1) is 13.2. The van der Waals surface area contributed by atoms with Crippen LogP contribution in [0, 0.1) is 6.92 Å². The number of rotatable bonds is 1. The summed E-state index contributed by atoms with van der Waals surface area (Å²) < 4.78 is 0. The standard InChI is InChI=1S/C12H8ClN4.Pd/c1-7-4-8(2-3-14-7)12-9-6-15-11(13)5-10(9)16-17-12;/h2-6H,1H3;/q-1;. The van der Waals surface area contributed by atoms with Gasteiger partial charge < -0.3 is 10.2 Å². The van der Waals surface area contributed by atoms with E-state index in [1.807, 2.05) is 19.1 Å². The molecule has 0 atom stereocenters. The Morgan fingerprint density at radius 2 is 2.06 bits per heavy atom. The maximum Gasteiger partial charge on any atom is 0.127 e. The summed E-state index contributed by atoms with van der Waals surface area (Å²) in [7, 11) is 0. The number of halogens is 1. The second-order valence-electron chi connectivity index (χ2n) is 3.76. The molecule has 18 heavy (non-hydrogen) atoms. The van der Waals surface area contributed by atoms with Crippen LogP contribution in [0.5, 0.6) is 0 Å². The van der Waals surface area contributed by atoms with Gasteiger partial charge in [0.15, 0.2) is 0 Å². The maximum absolute atomic E-state index is 5.81. The molecule has 0 saturated carbocycles. The first-order chi connectivity index (χ1) is 8.24. The Hall–Kier alpha value is -1.28. The van der Waals surface area contributed by atoms with Gasteiger partial charge in [0.1, 0.15) is 5.15 Å². The predicted octanol–water partition coefficient (Wildman–Crippen LogP) is 2.61. The Bertz CT molecular complexity index is 695. The van der Waals surface area contributed by atoms with Crippen molar-refractivity contribution in [1.29, 1.82) is 0 Å². The minimum atomic E-state index is 0. The molecule has 0 aliphatic rings.